The molecule has 0 aliphatic carbocycles. The van der Waals surface area contributed by atoms with Crippen LogP contribution in [0.15, 0.2) is 10.2 Å². The van der Waals surface area contributed by atoms with Crippen LogP contribution >= 0.6 is 0 Å². The first kappa shape index (κ1) is 3.92. The standard InChI is InChI=1S/C4H9N3O3S/c1-4(6-7-4)2-3-10-11(5,8)9/h2-3H2,1H3,(H2,5,8,9)/i1D3,2D2. The Balaban J connectivity index is 2.80. The minimum absolute atomic E-state index is 1.06. The van der Waals surface area contributed by atoms with Crippen LogP contribution in [0.4, 0.5) is 0 Å². The van der Waals surface area contributed by atoms with Gasteiger partial charge in [0.25, 0.3) is 0 Å². The molecule has 0 saturated carbocycles. The lowest BCUT2D eigenvalue weighted by Crippen LogP contribution is -2.19. The Kier molecular flexibility index (Phi) is 0.893. The second-order valence-electron chi connectivity index (χ2n) is 1.80. The van der Waals surface area contributed by atoms with E-state index < -0.39 is 35.8 Å². The Labute approximate surface area is 71.7 Å². The molecule has 0 spiro atoms. The SMILES string of the molecule is [2H]C([2H])([2H])C1(C([2H])([2H])COS(N)(=O)=O)N=N1. The summed E-state index contributed by atoms with van der Waals surface area (Å²) in [7, 11) is -4.34. The second kappa shape index (κ2) is 2.50. The van der Waals surface area contributed by atoms with Gasteiger partial charge in [0.1, 0.15) is 0 Å². The van der Waals surface area contributed by atoms with E-state index in [0.717, 1.165) is 0 Å². The smallest absolute Gasteiger partial charge is 0.258 e. The maximum atomic E-state index is 10.5. The third-order valence-corrected chi connectivity index (χ3v) is 1.29. The number of nitrogens with two attached hydrogens (primary N) is 1. The number of nitrogens with zero attached hydrogens (tertiary/aromatic N) is 2. The molecule has 0 bridgehead atoms. The van der Waals surface area contributed by atoms with Crippen LogP contribution in [-0.4, -0.2) is 20.7 Å². The molecule has 0 saturated heterocycles. The minimum Gasteiger partial charge on any atom is -0.258 e. The molecule has 1 aliphatic rings. The van der Waals surface area contributed by atoms with Crippen LogP contribution in [0.1, 0.15) is 20.1 Å². The maximum absolute atomic E-state index is 10.5. The summed E-state index contributed by atoms with van der Waals surface area (Å²) in [6, 6.07) is 0. The van der Waals surface area contributed by atoms with Gasteiger partial charge in [0.05, 0.1) is 6.61 Å². The van der Waals surface area contributed by atoms with Crippen LogP contribution in [0.25, 0.3) is 0 Å². The highest BCUT2D eigenvalue weighted by molar-refractivity contribution is 7.84. The summed E-state index contributed by atoms with van der Waals surface area (Å²) in [6.07, 6.45) is -2.58. The molecule has 64 valence electrons. The molecule has 0 unspecified atom stereocenters. The molecule has 6 nitrogen and oxygen atoms in total. The average Bonchev–Trinajstić information content (AvgIpc) is 2.77. The van der Waals surface area contributed by atoms with Crippen LogP contribution < -0.4 is 5.14 Å². The van der Waals surface area contributed by atoms with E-state index >= 15 is 0 Å². The summed E-state index contributed by atoms with van der Waals surface area (Å²) in [5, 5.41) is 10.8. The molecule has 1 rings (SSSR count). The molecule has 0 atom stereocenters. The quantitative estimate of drug-likeness (QED) is 0.654. The van der Waals surface area contributed by atoms with E-state index in [1.165, 1.54) is 0 Å². The molecule has 2 N–H and O–H groups in total. The van der Waals surface area contributed by atoms with E-state index in [0.29, 0.717) is 0 Å². The third-order valence-electron chi connectivity index (χ3n) is 0.842. The van der Waals surface area contributed by atoms with Crippen molar-refractivity contribution >= 4 is 10.3 Å². The van der Waals surface area contributed by atoms with Gasteiger partial charge in [0.15, 0.2) is 5.66 Å². The monoisotopic (exact) mass is 184 g/mol. The summed E-state index contributed by atoms with van der Waals surface area (Å²) in [5.41, 5.74) is -2.26. The van der Waals surface area contributed by atoms with Crippen LogP contribution in [0.2, 0.25) is 0 Å². The molecular formula is C4H9N3O3S. The van der Waals surface area contributed by atoms with Crippen LogP contribution in [0, 0.1) is 0 Å². The molecule has 11 heavy (non-hydrogen) atoms. The van der Waals surface area contributed by atoms with E-state index in [-0.39, 0.29) is 0 Å². The molecule has 0 amide bonds. The van der Waals surface area contributed by atoms with Crippen molar-refractivity contribution in [2.75, 3.05) is 6.61 Å². The second-order valence-corrected chi connectivity index (χ2v) is 3.03. The van der Waals surface area contributed by atoms with Gasteiger partial charge in [0, 0.05) is 13.2 Å². The van der Waals surface area contributed by atoms with Crippen molar-refractivity contribution in [3.63, 3.8) is 0 Å². The lowest BCUT2D eigenvalue weighted by atomic mass is 10.2. The van der Waals surface area contributed by atoms with Crippen molar-refractivity contribution < 1.29 is 19.5 Å². The minimum atomic E-state index is -4.34. The van der Waals surface area contributed by atoms with Gasteiger partial charge in [-0.05, 0) is 6.85 Å². The van der Waals surface area contributed by atoms with E-state index in [1.54, 1.807) is 0 Å². The first-order chi connectivity index (χ1) is 6.91. The highest BCUT2D eigenvalue weighted by Crippen LogP contribution is 2.30. The Hall–Kier alpha value is -0.530. The van der Waals surface area contributed by atoms with E-state index in [4.69, 9.17) is 6.85 Å². The lowest BCUT2D eigenvalue weighted by molar-refractivity contribution is 0.295. The first-order valence-corrected chi connectivity index (χ1v) is 4.00. The number of hydrogen-bond donors (Lipinski definition) is 1. The Morgan fingerprint density at radius 3 is 2.82 bits per heavy atom. The van der Waals surface area contributed by atoms with Crippen molar-refractivity contribution in [3.05, 3.63) is 0 Å². The summed E-state index contributed by atoms with van der Waals surface area (Å²) in [5.74, 6) is 0. The highest BCUT2D eigenvalue weighted by Gasteiger charge is 2.33. The summed E-state index contributed by atoms with van der Waals surface area (Å²) >= 11 is 0. The summed E-state index contributed by atoms with van der Waals surface area (Å²) in [6.45, 7) is -3.87. The molecule has 0 fully saturated rings. The normalized spacial score (nSPS) is 29.4. The zero-order valence-corrected chi connectivity index (χ0v) is 6.13. The van der Waals surface area contributed by atoms with Crippen molar-refractivity contribution in [3.8, 4) is 0 Å². The van der Waals surface area contributed by atoms with E-state index in [2.05, 4.69) is 19.6 Å². The van der Waals surface area contributed by atoms with Crippen molar-refractivity contribution in [1.82, 2.24) is 0 Å². The zero-order valence-electron chi connectivity index (χ0n) is 10.3. The van der Waals surface area contributed by atoms with Crippen molar-refractivity contribution in [1.29, 1.82) is 0 Å². The van der Waals surface area contributed by atoms with E-state index in [9.17, 15) is 8.42 Å². The summed E-state index contributed by atoms with van der Waals surface area (Å²) < 4.78 is 60.9. The fraction of sp³-hybridized carbons (Fsp3) is 1.00. The lowest BCUT2D eigenvalue weighted by Gasteiger charge is -2.01. The van der Waals surface area contributed by atoms with Gasteiger partial charge < -0.3 is 0 Å². The first-order valence-electron chi connectivity index (χ1n) is 5.03. The predicted octanol–water partition coefficient (Wildman–Crippen LogP) is -0.221. The molecular weight excluding hydrogens is 170 g/mol. The fourth-order valence-electron chi connectivity index (χ4n) is 0.333. The fourth-order valence-corrected chi connectivity index (χ4v) is 0.556. The Bertz CT molecular complexity index is 409. The van der Waals surface area contributed by atoms with Crippen molar-refractivity contribution in [2.45, 2.75) is 18.9 Å². The van der Waals surface area contributed by atoms with Crippen LogP contribution in [0.5, 0.6) is 0 Å². The Morgan fingerprint density at radius 2 is 2.45 bits per heavy atom. The van der Waals surface area contributed by atoms with Crippen LogP contribution in [-0.2, 0) is 14.5 Å². The van der Waals surface area contributed by atoms with Crippen LogP contribution in [0.3, 0.4) is 0 Å². The molecule has 7 heteroatoms. The third kappa shape index (κ3) is 3.40. The highest BCUT2D eigenvalue weighted by atomic mass is 32.2. The van der Waals surface area contributed by atoms with E-state index in [1.807, 2.05) is 0 Å². The molecule has 0 aromatic carbocycles. The summed E-state index contributed by atoms with van der Waals surface area (Å²) in [4.78, 5) is 0. The maximum Gasteiger partial charge on any atom is 0.333 e. The van der Waals surface area contributed by atoms with Gasteiger partial charge in [-0.3, -0.25) is 4.18 Å². The molecule has 1 heterocycles. The van der Waals surface area contributed by atoms with Gasteiger partial charge >= 0.3 is 10.3 Å². The largest absolute Gasteiger partial charge is 0.333 e. The van der Waals surface area contributed by atoms with Gasteiger partial charge in [-0.25, -0.2) is 5.14 Å². The average molecular weight is 184 g/mol. The van der Waals surface area contributed by atoms with Gasteiger partial charge in [-0.1, -0.05) is 0 Å². The zero-order chi connectivity index (χ0) is 12.8. The number of rotatable bonds is 4. The number of hydrogen-bond acceptors (Lipinski definition) is 5. The molecule has 0 radical (unpaired) electrons. The topological polar surface area (TPSA) is 94.1 Å². The van der Waals surface area contributed by atoms with Crippen molar-refractivity contribution in [2.24, 2.45) is 15.4 Å². The van der Waals surface area contributed by atoms with Gasteiger partial charge in [-0.15, -0.1) is 0 Å². The predicted molar refractivity (Wildman–Crippen MR) is 36.9 cm³/mol. The molecule has 0 aromatic rings. The Morgan fingerprint density at radius 1 is 1.82 bits per heavy atom. The molecule has 1 aliphatic heterocycles. The molecule has 0 aromatic heterocycles. The van der Waals surface area contributed by atoms with Gasteiger partial charge in [0.2, 0.25) is 0 Å². The van der Waals surface area contributed by atoms with Gasteiger partial charge in [-0.2, -0.15) is 18.6 Å².